The highest BCUT2D eigenvalue weighted by Crippen LogP contribution is 2.32. The first-order valence-electron chi connectivity index (χ1n) is 13.4. The summed E-state index contributed by atoms with van der Waals surface area (Å²) in [5, 5.41) is 8.46. The van der Waals surface area contributed by atoms with Crippen LogP contribution in [-0.2, 0) is 27.2 Å². The van der Waals surface area contributed by atoms with Gasteiger partial charge in [0.05, 0.1) is 6.54 Å². The topological polar surface area (TPSA) is 133 Å². The monoisotopic (exact) mass is 540 g/mol. The largest absolute Gasteiger partial charge is 0.347 e. The lowest BCUT2D eigenvalue weighted by Crippen LogP contribution is -2.50. The number of piperidine rings is 1. The van der Waals surface area contributed by atoms with Gasteiger partial charge in [-0.25, -0.2) is 4.98 Å². The molecular weight excluding hydrogens is 508 g/mol. The number of benzene rings is 1. The smallest absolute Gasteiger partial charge is 0.272 e. The molecule has 3 N–H and O–H groups in total. The molecule has 5 rings (SSSR count). The van der Waals surface area contributed by atoms with E-state index in [-0.39, 0.29) is 36.1 Å². The second-order valence-electron chi connectivity index (χ2n) is 10.6. The Bertz CT molecular complexity index is 1400. The Kier molecular flexibility index (Phi) is 7.86. The Balaban J connectivity index is 1.08. The van der Waals surface area contributed by atoms with E-state index in [9.17, 15) is 19.2 Å². The molecule has 1 aliphatic carbocycles. The van der Waals surface area contributed by atoms with Crippen molar-refractivity contribution in [2.75, 3.05) is 30.3 Å². The minimum atomic E-state index is -0.667. The number of rotatable bonds is 7. The van der Waals surface area contributed by atoms with Gasteiger partial charge < -0.3 is 20.9 Å². The van der Waals surface area contributed by atoms with Crippen molar-refractivity contribution < 1.29 is 19.2 Å². The highest BCUT2D eigenvalue weighted by Gasteiger charge is 2.38. The molecule has 0 bridgehead atoms. The van der Waals surface area contributed by atoms with E-state index in [1.165, 1.54) is 0 Å². The van der Waals surface area contributed by atoms with Crippen LogP contribution in [-0.4, -0.2) is 58.1 Å². The van der Waals surface area contributed by atoms with Gasteiger partial charge >= 0.3 is 0 Å². The van der Waals surface area contributed by atoms with Crippen molar-refractivity contribution in [2.24, 2.45) is 11.3 Å². The summed E-state index contributed by atoms with van der Waals surface area (Å²) in [7, 11) is 0. The van der Waals surface area contributed by atoms with Crippen LogP contribution in [0.5, 0.6) is 0 Å². The SMILES string of the molecule is CC1(C(=O)NCC(=O)Nc2ccc3c(c2)C[C@H](C(=O)Nc2ccccn2)C3)CCN(C(=O)c2ccccn2)CC1. The van der Waals surface area contributed by atoms with Gasteiger partial charge in [-0.05, 0) is 73.2 Å². The van der Waals surface area contributed by atoms with Crippen LogP contribution in [0.4, 0.5) is 11.5 Å². The predicted molar refractivity (Wildman–Crippen MR) is 149 cm³/mol. The second-order valence-corrected chi connectivity index (χ2v) is 10.6. The van der Waals surface area contributed by atoms with Crippen LogP contribution < -0.4 is 16.0 Å². The molecule has 0 unspecified atom stereocenters. The van der Waals surface area contributed by atoms with Gasteiger partial charge in [0.1, 0.15) is 11.5 Å². The molecule has 1 aliphatic heterocycles. The minimum absolute atomic E-state index is 0.0800. The third kappa shape index (κ3) is 6.17. The number of hydrogen-bond acceptors (Lipinski definition) is 6. The molecule has 0 radical (unpaired) electrons. The molecule has 3 heterocycles. The number of fused-ring (bicyclic) bond motifs is 1. The molecule has 206 valence electrons. The summed E-state index contributed by atoms with van der Waals surface area (Å²) in [5.41, 5.74) is 2.44. The lowest BCUT2D eigenvalue weighted by Gasteiger charge is -2.38. The Hall–Kier alpha value is -4.60. The Labute approximate surface area is 232 Å². The van der Waals surface area contributed by atoms with E-state index in [4.69, 9.17) is 0 Å². The zero-order valence-electron chi connectivity index (χ0n) is 22.4. The summed E-state index contributed by atoms with van der Waals surface area (Å²) in [4.78, 5) is 60.9. The molecular formula is C30H32N6O4. The molecule has 2 aliphatic rings. The Morgan fingerprint density at radius 1 is 0.900 bits per heavy atom. The maximum atomic E-state index is 13.0. The minimum Gasteiger partial charge on any atom is -0.347 e. The fourth-order valence-corrected chi connectivity index (χ4v) is 5.21. The lowest BCUT2D eigenvalue weighted by atomic mass is 9.79. The number of anilines is 2. The molecule has 4 amide bonds. The highest BCUT2D eigenvalue weighted by molar-refractivity contribution is 5.96. The molecule has 1 atom stereocenters. The van der Waals surface area contributed by atoms with Gasteiger partial charge in [0.25, 0.3) is 5.91 Å². The molecule has 0 saturated carbocycles. The average Bonchev–Trinajstić information content (AvgIpc) is 3.41. The molecule has 1 aromatic carbocycles. The van der Waals surface area contributed by atoms with E-state index in [1.54, 1.807) is 47.6 Å². The van der Waals surface area contributed by atoms with Gasteiger partial charge in [-0.1, -0.05) is 25.1 Å². The van der Waals surface area contributed by atoms with Crippen molar-refractivity contribution in [3.05, 3.63) is 83.8 Å². The van der Waals surface area contributed by atoms with Crippen LogP contribution in [0, 0.1) is 11.3 Å². The first-order valence-corrected chi connectivity index (χ1v) is 13.4. The van der Waals surface area contributed by atoms with Gasteiger partial charge in [0.15, 0.2) is 0 Å². The average molecular weight is 541 g/mol. The zero-order chi connectivity index (χ0) is 28.1. The first kappa shape index (κ1) is 27.0. The van der Waals surface area contributed by atoms with E-state index in [1.807, 2.05) is 31.2 Å². The predicted octanol–water partition coefficient (Wildman–Crippen LogP) is 2.83. The summed E-state index contributed by atoms with van der Waals surface area (Å²) >= 11 is 0. The van der Waals surface area contributed by atoms with Gasteiger partial charge in [0.2, 0.25) is 17.7 Å². The van der Waals surface area contributed by atoms with Crippen LogP contribution in [0.3, 0.4) is 0 Å². The van der Waals surface area contributed by atoms with Gasteiger partial charge in [-0.3, -0.25) is 24.2 Å². The van der Waals surface area contributed by atoms with E-state index in [0.29, 0.717) is 56.0 Å². The standard InChI is InChI=1S/C30H32N6O4/c1-30(10-14-36(15-11-30)28(39)24-6-2-4-12-31-24)29(40)33-19-26(37)34-23-9-8-20-16-22(17-21(20)18-23)27(38)35-25-7-3-5-13-32-25/h2-9,12-13,18,22H,10-11,14-17,19H2,1H3,(H,33,40)(H,34,37)(H,32,35,38)/t22-/m1/s1. The van der Waals surface area contributed by atoms with Crippen LogP contribution in [0.1, 0.15) is 41.4 Å². The van der Waals surface area contributed by atoms with Crippen molar-refractivity contribution in [3.63, 3.8) is 0 Å². The van der Waals surface area contributed by atoms with E-state index in [0.717, 1.165) is 11.1 Å². The van der Waals surface area contributed by atoms with Crippen molar-refractivity contribution in [3.8, 4) is 0 Å². The summed E-state index contributed by atoms with van der Waals surface area (Å²) < 4.78 is 0. The van der Waals surface area contributed by atoms with Crippen molar-refractivity contribution in [1.29, 1.82) is 0 Å². The number of carbonyl (C=O) groups is 4. The van der Waals surface area contributed by atoms with Crippen LogP contribution in [0.25, 0.3) is 0 Å². The quantitative estimate of drug-likeness (QED) is 0.422. The summed E-state index contributed by atoms with van der Waals surface area (Å²) in [6, 6.07) is 16.2. The van der Waals surface area contributed by atoms with Crippen LogP contribution in [0.15, 0.2) is 67.0 Å². The number of pyridine rings is 2. The summed E-state index contributed by atoms with van der Waals surface area (Å²) in [6.07, 6.45) is 5.42. The van der Waals surface area contributed by atoms with Crippen molar-refractivity contribution >= 4 is 35.1 Å². The third-order valence-electron chi connectivity index (χ3n) is 7.71. The summed E-state index contributed by atoms with van der Waals surface area (Å²) in [6.45, 7) is 2.60. The van der Waals surface area contributed by atoms with E-state index >= 15 is 0 Å². The molecule has 2 aromatic heterocycles. The highest BCUT2D eigenvalue weighted by atomic mass is 16.2. The van der Waals surface area contributed by atoms with Crippen LogP contribution in [0.2, 0.25) is 0 Å². The fourth-order valence-electron chi connectivity index (χ4n) is 5.21. The van der Waals surface area contributed by atoms with E-state index < -0.39 is 5.41 Å². The lowest BCUT2D eigenvalue weighted by molar-refractivity contribution is -0.133. The second kappa shape index (κ2) is 11.6. The normalized spacial score (nSPS) is 17.4. The number of carbonyl (C=O) groups excluding carboxylic acids is 4. The molecule has 40 heavy (non-hydrogen) atoms. The molecule has 0 spiro atoms. The molecule has 3 aromatic rings. The Morgan fingerprint density at radius 3 is 2.33 bits per heavy atom. The number of amides is 4. The van der Waals surface area contributed by atoms with Gasteiger partial charge in [0, 0.05) is 42.5 Å². The number of nitrogens with zero attached hydrogens (tertiary/aromatic N) is 3. The molecule has 10 nitrogen and oxygen atoms in total. The number of hydrogen-bond donors (Lipinski definition) is 3. The van der Waals surface area contributed by atoms with E-state index in [2.05, 4.69) is 25.9 Å². The zero-order valence-corrected chi connectivity index (χ0v) is 22.4. The number of aromatic nitrogens is 2. The van der Waals surface area contributed by atoms with Crippen LogP contribution >= 0.6 is 0 Å². The maximum absolute atomic E-state index is 13.0. The fraction of sp³-hybridized carbons (Fsp3) is 0.333. The van der Waals surface area contributed by atoms with Crippen molar-refractivity contribution in [1.82, 2.24) is 20.2 Å². The molecule has 1 saturated heterocycles. The third-order valence-corrected chi connectivity index (χ3v) is 7.71. The molecule has 10 heteroatoms. The van der Waals surface area contributed by atoms with Gasteiger partial charge in [-0.15, -0.1) is 0 Å². The number of nitrogens with one attached hydrogen (secondary N) is 3. The maximum Gasteiger partial charge on any atom is 0.272 e. The number of likely N-dealkylation sites (tertiary alicyclic amines) is 1. The van der Waals surface area contributed by atoms with Gasteiger partial charge in [-0.2, -0.15) is 0 Å². The summed E-state index contributed by atoms with van der Waals surface area (Å²) in [5.74, 6) is -0.435. The Morgan fingerprint density at radius 2 is 1.62 bits per heavy atom. The molecule has 1 fully saturated rings. The van der Waals surface area contributed by atoms with Crippen molar-refractivity contribution in [2.45, 2.75) is 32.6 Å². The first-order chi connectivity index (χ1) is 19.3.